The number of Topliss-reactive ketones (excluding diaryl/α,β-unsaturated/α-hetero) is 1. The number of nitrogens with zero attached hydrogens (tertiary/aromatic N) is 2. The van der Waals surface area contributed by atoms with Crippen molar-refractivity contribution in [2.24, 2.45) is 0 Å². The molecule has 0 unspecified atom stereocenters. The van der Waals surface area contributed by atoms with E-state index in [1.54, 1.807) is 7.11 Å². The highest BCUT2D eigenvalue weighted by Crippen LogP contribution is 2.25. The highest BCUT2D eigenvalue weighted by molar-refractivity contribution is 5.81. The summed E-state index contributed by atoms with van der Waals surface area (Å²) in [7, 11) is 1.65. The van der Waals surface area contributed by atoms with E-state index in [9.17, 15) is 4.79 Å². The van der Waals surface area contributed by atoms with Gasteiger partial charge in [0.2, 0.25) is 0 Å². The number of aryl methyl sites for hydroxylation is 2. The summed E-state index contributed by atoms with van der Waals surface area (Å²) in [5.41, 5.74) is 5.04. The van der Waals surface area contributed by atoms with E-state index in [2.05, 4.69) is 41.8 Å². The first-order chi connectivity index (χ1) is 13.1. The lowest BCUT2D eigenvalue weighted by atomic mass is 10.1. The van der Waals surface area contributed by atoms with E-state index >= 15 is 0 Å². The molecule has 4 heteroatoms. The fraction of sp³-hybridized carbons (Fsp3) is 0.435. The summed E-state index contributed by atoms with van der Waals surface area (Å²) in [6.07, 6.45) is 1.05. The van der Waals surface area contributed by atoms with Crippen LogP contribution in [0.2, 0.25) is 0 Å². The van der Waals surface area contributed by atoms with Gasteiger partial charge in [-0.2, -0.15) is 0 Å². The minimum atomic E-state index is 0.275. The van der Waals surface area contributed by atoms with Crippen LogP contribution in [-0.4, -0.2) is 50.5 Å². The van der Waals surface area contributed by atoms with Gasteiger partial charge >= 0.3 is 0 Å². The van der Waals surface area contributed by atoms with Crippen molar-refractivity contribution < 1.29 is 9.53 Å². The molecule has 0 N–H and O–H groups in total. The van der Waals surface area contributed by atoms with E-state index < -0.39 is 0 Å². The Morgan fingerprint density at radius 2 is 1.63 bits per heavy atom. The maximum absolute atomic E-state index is 12.4. The minimum absolute atomic E-state index is 0.275. The number of ketones is 1. The smallest absolute Gasteiger partial charge is 0.138 e. The van der Waals surface area contributed by atoms with Gasteiger partial charge in [0, 0.05) is 56.8 Å². The minimum Gasteiger partial charge on any atom is -0.496 e. The number of hydrogen-bond donors (Lipinski definition) is 0. The van der Waals surface area contributed by atoms with Crippen LogP contribution in [0.5, 0.6) is 5.75 Å². The Kier molecular flexibility index (Phi) is 6.51. The molecular weight excluding hydrogens is 336 g/mol. The number of benzene rings is 2. The predicted octanol–water partition coefficient (Wildman–Crippen LogP) is 3.64. The Morgan fingerprint density at radius 3 is 2.30 bits per heavy atom. The monoisotopic (exact) mass is 366 g/mol. The van der Waals surface area contributed by atoms with Crippen molar-refractivity contribution in [1.29, 1.82) is 0 Å². The molecule has 4 nitrogen and oxygen atoms in total. The van der Waals surface area contributed by atoms with Gasteiger partial charge in [-0.05, 0) is 31.0 Å². The van der Waals surface area contributed by atoms with Crippen molar-refractivity contribution in [3.05, 3.63) is 59.2 Å². The van der Waals surface area contributed by atoms with Crippen LogP contribution in [0.25, 0.3) is 0 Å². The van der Waals surface area contributed by atoms with Gasteiger partial charge in [0.05, 0.1) is 7.11 Å². The highest BCUT2D eigenvalue weighted by atomic mass is 16.5. The summed E-state index contributed by atoms with van der Waals surface area (Å²) in [5, 5.41) is 0. The molecular formula is C23H30N2O2. The van der Waals surface area contributed by atoms with Gasteiger partial charge in [0.25, 0.3) is 0 Å². The van der Waals surface area contributed by atoms with Crippen LogP contribution in [0.3, 0.4) is 0 Å². The second-order valence-corrected chi connectivity index (χ2v) is 7.35. The molecule has 0 amide bonds. The van der Waals surface area contributed by atoms with Crippen LogP contribution in [0.1, 0.15) is 23.1 Å². The van der Waals surface area contributed by atoms with E-state index in [4.69, 9.17) is 4.74 Å². The largest absolute Gasteiger partial charge is 0.496 e. The van der Waals surface area contributed by atoms with Gasteiger partial charge in [-0.3, -0.25) is 9.69 Å². The lowest BCUT2D eigenvalue weighted by molar-refractivity contribution is -0.118. The van der Waals surface area contributed by atoms with E-state index in [-0.39, 0.29) is 5.78 Å². The Hall–Kier alpha value is -2.33. The van der Waals surface area contributed by atoms with Crippen molar-refractivity contribution in [2.75, 3.05) is 44.7 Å². The fourth-order valence-corrected chi connectivity index (χ4v) is 3.93. The molecule has 1 saturated heterocycles. The number of carbonyl (C=O) groups excluding carboxylic acids is 1. The Labute approximate surface area is 162 Å². The molecule has 2 aromatic carbocycles. The number of piperazine rings is 1. The lowest BCUT2D eigenvalue weighted by Crippen LogP contribution is -2.47. The molecule has 0 spiro atoms. The summed E-state index contributed by atoms with van der Waals surface area (Å²) < 4.78 is 5.35. The second-order valence-electron chi connectivity index (χ2n) is 7.35. The van der Waals surface area contributed by atoms with Crippen LogP contribution < -0.4 is 9.64 Å². The van der Waals surface area contributed by atoms with Gasteiger partial charge in [-0.25, -0.2) is 0 Å². The number of methoxy groups -OCH3 is 1. The molecule has 0 radical (unpaired) electrons. The van der Waals surface area contributed by atoms with E-state index in [0.29, 0.717) is 12.8 Å². The van der Waals surface area contributed by atoms with E-state index in [0.717, 1.165) is 44.0 Å². The number of rotatable bonds is 7. The zero-order valence-corrected chi connectivity index (χ0v) is 16.7. The Bertz CT molecular complexity index is 759. The molecule has 144 valence electrons. The maximum Gasteiger partial charge on any atom is 0.138 e. The molecule has 1 aliphatic heterocycles. The zero-order chi connectivity index (χ0) is 19.2. The third-order valence-electron chi connectivity index (χ3n) is 5.42. The van der Waals surface area contributed by atoms with Gasteiger partial charge in [0.1, 0.15) is 11.5 Å². The van der Waals surface area contributed by atoms with Gasteiger partial charge in [0.15, 0.2) is 0 Å². The second kappa shape index (κ2) is 9.05. The highest BCUT2D eigenvalue weighted by Gasteiger charge is 2.20. The van der Waals surface area contributed by atoms with Crippen molar-refractivity contribution in [2.45, 2.75) is 26.7 Å². The molecule has 2 aromatic rings. The standard InChI is InChI=1S/C23H30N2O2/c1-18-7-6-8-19(2)23(18)25-15-13-24(14-16-25)12-11-21(26)17-20-9-4-5-10-22(20)27-3/h4-10H,11-17H2,1-3H3. The number of anilines is 1. The first-order valence-electron chi connectivity index (χ1n) is 9.75. The third kappa shape index (κ3) is 4.89. The molecule has 1 fully saturated rings. The van der Waals surface area contributed by atoms with Gasteiger partial charge in [-0.15, -0.1) is 0 Å². The molecule has 1 aliphatic rings. The SMILES string of the molecule is COc1ccccc1CC(=O)CCN1CCN(c2c(C)cccc2C)CC1. The summed E-state index contributed by atoms with van der Waals surface area (Å²) in [6, 6.07) is 14.3. The maximum atomic E-state index is 12.4. The average molecular weight is 367 g/mol. The van der Waals surface area contributed by atoms with E-state index in [1.807, 2.05) is 24.3 Å². The number of carbonyl (C=O) groups is 1. The van der Waals surface area contributed by atoms with Gasteiger partial charge in [-0.1, -0.05) is 36.4 Å². The molecule has 0 aliphatic carbocycles. The molecule has 0 atom stereocenters. The van der Waals surface area contributed by atoms with Gasteiger partial charge < -0.3 is 9.64 Å². The van der Waals surface area contributed by atoms with Crippen LogP contribution >= 0.6 is 0 Å². The lowest BCUT2D eigenvalue weighted by Gasteiger charge is -2.37. The van der Waals surface area contributed by atoms with Crippen molar-refractivity contribution in [3.63, 3.8) is 0 Å². The summed E-state index contributed by atoms with van der Waals surface area (Å²) in [4.78, 5) is 17.3. The summed E-state index contributed by atoms with van der Waals surface area (Å²) in [6.45, 7) is 9.27. The normalized spacial score (nSPS) is 15.0. The van der Waals surface area contributed by atoms with Crippen molar-refractivity contribution in [3.8, 4) is 5.75 Å². The first-order valence-corrected chi connectivity index (χ1v) is 9.75. The number of para-hydroxylation sites is 2. The Morgan fingerprint density at radius 1 is 0.963 bits per heavy atom. The van der Waals surface area contributed by atoms with Crippen LogP contribution in [0.15, 0.2) is 42.5 Å². The average Bonchev–Trinajstić information content (AvgIpc) is 2.67. The zero-order valence-electron chi connectivity index (χ0n) is 16.7. The molecule has 0 bridgehead atoms. The molecule has 1 heterocycles. The molecule has 0 saturated carbocycles. The first kappa shape index (κ1) is 19.4. The molecule has 0 aromatic heterocycles. The van der Waals surface area contributed by atoms with Crippen molar-refractivity contribution >= 4 is 11.5 Å². The van der Waals surface area contributed by atoms with E-state index in [1.165, 1.54) is 16.8 Å². The topological polar surface area (TPSA) is 32.8 Å². The van der Waals surface area contributed by atoms with Crippen molar-refractivity contribution in [1.82, 2.24) is 4.90 Å². The third-order valence-corrected chi connectivity index (χ3v) is 5.42. The quantitative estimate of drug-likeness (QED) is 0.749. The summed E-state index contributed by atoms with van der Waals surface area (Å²) >= 11 is 0. The summed E-state index contributed by atoms with van der Waals surface area (Å²) in [5.74, 6) is 1.07. The number of ether oxygens (including phenoxy) is 1. The fourth-order valence-electron chi connectivity index (χ4n) is 3.93. The molecule has 3 rings (SSSR count). The molecule has 27 heavy (non-hydrogen) atoms. The van der Waals surface area contributed by atoms with Crippen LogP contribution in [0.4, 0.5) is 5.69 Å². The number of hydrogen-bond acceptors (Lipinski definition) is 4. The Balaban J connectivity index is 1.48. The van der Waals surface area contributed by atoms with Crippen LogP contribution in [-0.2, 0) is 11.2 Å². The van der Waals surface area contributed by atoms with Crippen LogP contribution in [0, 0.1) is 13.8 Å². The predicted molar refractivity (Wildman–Crippen MR) is 111 cm³/mol.